The summed E-state index contributed by atoms with van der Waals surface area (Å²) in [5.41, 5.74) is 10.7. The molecule has 0 radical (unpaired) electrons. The molecule has 2 amide bonds. The van der Waals surface area contributed by atoms with Crippen LogP contribution in [0.3, 0.4) is 0 Å². The normalized spacial score (nSPS) is 20.6. The summed E-state index contributed by atoms with van der Waals surface area (Å²) in [6.45, 7) is 2.82. The Labute approximate surface area is 102 Å². The van der Waals surface area contributed by atoms with Crippen LogP contribution in [0.2, 0.25) is 0 Å². The minimum absolute atomic E-state index is 0.0947. The van der Waals surface area contributed by atoms with Crippen molar-refractivity contribution < 1.29 is 9.59 Å². The molecule has 5 N–H and O–H groups in total. The van der Waals surface area contributed by atoms with Crippen LogP contribution in [0.15, 0.2) is 0 Å². The monoisotopic (exact) mass is 241 g/mol. The first-order chi connectivity index (χ1) is 7.93. The number of primary amides is 1. The fourth-order valence-electron chi connectivity index (χ4n) is 2.32. The Morgan fingerprint density at radius 3 is 2.41 bits per heavy atom. The second-order valence-electron chi connectivity index (χ2n) is 5.37. The Morgan fingerprint density at radius 2 is 1.88 bits per heavy atom. The molecule has 98 valence electrons. The highest BCUT2D eigenvalue weighted by Gasteiger charge is 2.28. The van der Waals surface area contributed by atoms with Crippen molar-refractivity contribution in [1.82, 2.24) is 5.32 Å². The first-order valence-corrected chi connectivity index (χ1v) is 6.24. The molecular formula is C12H23N3O2. The maximum absolute atomic E-state index is 11.6. The number of carbonyl (C=O) groups excluding carboxylic acids is 2. The van der Waals surface area contributed by atoms with Crippen molar-refractivity contribution in [1.29, 1.82) is 0 Å². The fraction of sp³-hybridized carbons (Fsp3) is 0.833. The summed E-state index contributed by atoms with van der Waals surface area (Å²) in [6, 6.07) is -0.820. The topological polar surface area (TPSA) is 98.2 Å². The van der Waals surface area contributed by atoms with Crippen molar-refractivity contribution in [2.24, 2.45) is 16.9 Å². The summed E-state index contributed by atoms with van der Waals surface area (Å²) >= 11 is 0. The molecule has 1 saturated carbocycles. The van der Waals surface area contributed by atoms with Crippen molar-refractivity contribution in [3.05, 3.63) is 0 Å². The zero-order chi connectivity index (χ0) is 12.9. The Hall–Kier alpha value is -1.10. The SMILES string of the molecule is CC1(CNC(=O)C(N)CC(N)=O)CCCCC1. The van der Waals surface area contributed by atoms with E-state index in [1.807, 2.05) is 0 Å². The van der Waals surface area contributed by atoms with E-state index in [0.29, 0.717) is 6.54 Å². The molecule has 1 rings (SSSR count). The van der Waals surface area contributed by atoms with Crippen molar-refractivity contribution in [2.45, 2.75) is 51.5 Å². The van der Waals surface area contributed by atoms with E-state index in [-0.39, 0.29) is 17.7 Å². The van der Waals surface area contributed by atoms with E-state index in [1.165, 1.54) is 19.3 Å². The van der Waals surface area contributed by atoms with E-state index >= 15 is 0 Å². The Balaban J connectivity index is 2.33. The number of nitrogens with one attached hydrogen (secondary N) is 1. The van der Waals surface area contributed by atoms with Crippen molar-refractivity contribution >= 4 is 11.8 Å². The van der Waals surface area contributed by atoms with Gasteiger partial charge in [-0.1, -0.05) is 26.2 Å². The molecule has 5 nitrogen and oxygen atoms in total. The summed E-state index contributed by atoms with van der Waals surface area (Å²) in [7, 11) is 0. The van der Waals surface area contributed by atoms with Gasteiger partial charge < -0.3 is 16.8 Å². The van der Waals surface area contributed by atoms with Gasteiger partial charge in [0.15, 0.2) is 0 Å². The van der Waals surface area contributed by atoms with E-state index in [9.17, 15) is 9.59 Å². The summed E-state index contributed by atoms with van der Waals surface area (Å²) in [6.07, 6.45) is 5.91. The summed E-state index contributed by atoms with van der Waals surface area (Å²) in [5.74, 6) is -0.827. The molecule has 1 aliphatic rings. The number of hydrogen-bond acceptors (Lipinski definition) is 3. The first kappa shape index (κ1) is 14.0. The van der Waals surface area contributed by atoms with Crippen molar-refractivity contribution in [2.75, 3.05) is 6.54 Å². The molecule has 0 aromatic rings. The van der Waals surface area contributed by atoms with Crippen LogP contribution in [-0.4, -0.2) is 24.4 Å². The highest BCUT2D eigenvalue weighted by molar-refractivity contribution is 5.87. The van der Waals surface area contributed by atoms with Crippen molar-refractivity contribution in [3.63, 3.8) is 0 Å². The highest BCUT2D eigenvalue weighted by atomic mass is 16.2. The van der Waals surface area contributed by atoms with Gasteiger partial charge in [-0.15, -0.1) is 0 Å². The quantitative estimate of drug-likeness (QED) is 0.644. The van der Waals surface area contributed by atoms with Crippen LogP contribution in [0.5, 0.6) is 0 Å². The van der Waals surface area contributed by atoms with Gasteiger partial charge in [-0.05, 0) is 18.3 Å². The number of carbonyl (C=O) groups is 2. The molecule has 0 aliphatic heterocycles. The average molecular weight is 241 g/mol. The minimum Gasteiger partial charge on any atom is -0.370 e. The smallest absolute Gasteiger partial charge is 0.237 e. The zero-order valence-corrected chi connectivity index (χ0v) is 10.5. The zero-order valence-electron chi connectivity index (χ0n) is 10.5. The molecule has 0 spiro atoms. The molecule has 0 heterocycles. The van der Waals surface area contributed by atoms with E-state index in [0.717, 1.165) is 12.8 Å². The van der Waals surface area contributed by atoms with Crippen LogP contribution in [0.1, 0.15) is 45.4 Å². The summed E-state index contributed by atoms with van der Waals surface area (Å²) < 4.78 is 0. The molecule has 0 bridgehead atoms. The lowest BCUT2D eigenvalue weighted by atomic mass is 9.76. The summed E-state index contributed by atoms with van der Waals surface area (Å²) in [4.78, 5) is 22.3. The molecule has 17 heavy (non-hydrogen) atoms. The second-order valence-corrected chi connectivity index (χ2v) is 5.37. The van der Waals surface area contributed by atoms with Gasteiger partial charge in [0.2, 0.25) is 11.8 Å². The fourth-order valence-corrected chi connectivity index (χ4v) is 2.32. The van der Waals surface area contributed by atoms with E-state index < -0.39 is 11.9 Å². The van der Waals surface area contributed by atoms with Gasteiger partial charge in [0.1, 0.15) is 0 Å². The highest BCUT2D eigenvalue weighted by Crippen LogP contribution is 2.34. The molecule has 1 atom stereocenters. The lowest BCUT2D eigenvalue weighted by Gasteiger charge is -2.33. The van der Waals surface area contributed by atoms with Crippen LogP contribution in [0.25, 0.3) is 0 Å². The lowest BCUT2D eigenvalue weighted by molar-refractivity contribution is -0.126. The second kappa shape index (κ2) is 6.00. The van der Waals surface area contributed by atoms with Crippen LogP contribution in [0, 0.1) is 5.41 Å². The molecular weight excluding hydrogens is 218 g/mol. The molecule has 1 fully saturated rings. The van der Waals surface area contributed by atoms with E-state index in [4.69, 9.17) is 11.5 Å². The third kappa shape index (κ3) is 4.73. The maximum atomic E-state index is 11.6. The Kier molecular flexibility index (Phi) is 4.93. The number of rotatable bonds is 5. The molecule has 0 aromatic carbocycles. The standard InChI is InChI=1S/C12H23N3O2/c1-12(5-3-2-4-6-12)8-15-11(17)9(13)7-10(14)16/h9H,2-8,13H2,1H3,(H2,14,16)(H,15,17). The Bertz CT molecular complexity index is 285. The summed E-state index contributed by atoms with van der Waals surface area (Å²) in [5, 5.41) is 2.83. The lowest BCUT2D eigenvalue weighted by Crippen LogP contribution is -2.46. The molecule has 0 aromatic heterocycles. The van der Waals surface area contributed by atoms with Crippen LogP contribution >= 0.6 is 0 Å². The third-order valence-electron chi connectivity index (χ3n) is 3.51. The van der Waals surface area contributed by atoms with Crippen LogP contribution in [-0.2, 0) is 9.59 Å². The van der Waals surface area contributed by atoms with Crippen molar-refractivity contribution in [3.8, 4) is 0 Å². The molecule has 0 saturated heterocycles. The predicted molar refractivity (Wildman–Crippen MR) is 66.0 cm³/mol. The van der Waals surface area contributed by atoms with Gasteiger partial charge in [-0.25, -0.2) is 0 Å². The van der Waals surface area contributed by atoms with Gasteiger partial charge in [0.25, 0.3) is 0 Å². The average Bonchev–Trinajstić information content (AvgIpc) is 2.26. The van der Waals surface area contributed by atoms with Gasteiger partial charge >= 0.3 is 0 Å². The molecule has 5 heteroatoms. The largest absolute Gasteiger partial charge is 0.370 e. The number of amides is 2. The van der Waals surface area contributed by atoms with E-state index in [1.54, 1.807) is 0 Å². The minimum atomic E-state index is -0.820. The predicted octanol–water partition coefficient (Wildman–Crippen LogP) is 0.276. The van der Waals surface area contributed by atoms with Gasteiger partial charge in [-0.3, -0.25) is 9.59 Å². The van der Waals surface area contributed by atoms with E-state index in [2.05, 4.69) is 12.2 Å². The number of nitrogens with two attached hydrogens (primary N) is 2. The van der Waals surface area contributed by atoms with Gasteiger partial charge in [0, 0.05) is 6.54 Å². The maximum Gasteiger partial charge on any atom is 0.237 e. The number of hydrogen-bond donors (Lipinski definition) is 3. The Morgan fingerprint density at radius 1 is 1.29 bits per heavy atom. The third-order valence-corrected chi connectivity index (χ3v) is 3.51. The van der Waals surface area contributed by atoms with Crippen LogP contribution < -0.4 is 16.8 Å². The molecule has 1 aliphatic carbocycles. The van der Waals surface area contributed by atoms with Gasteiger partial charge in [-0.2, -0.15) is 0 Å². The van der Waals surface area contributed by atoms with Crippen LogP contribution in [0.4, 0.5) is 0 Å². The first-order valence-electron chi connectivity index (χ1n) is 6.24. The van der Waals surface area contributed by atoms with Gasteiger partial charge in [0.05, 0.1) is 12.5 Å². The molecule has 1 unspecified atom stereocenters.